The van der Waals surface area contributed by atoms with Gasteiger partial charge < -0.3 is 16.0 Å². The highest BCUT2D eigenvalue weighted by Crippen LogP contribution is 2.24. The number of nitrogens with two attached hydrogens (primary N) is 1. The predicted octanol–water partition coefficient (Wildman–Crippen LogP) is 2.02. The molecule has 0 saturated heterocycles. The molecule has 20 heavy (non-hydrogen) atoms. The molecule has 1 aromatic rings. The summed E-state index contributed by atoms with van der Waals surface area (Å²) >= 11 is 3.29. The van der Waals surface area contributed by atoms with Gasteiger partial charge in [-0.1, -0.05) is 6.07 Å². The molecule has 0 unspecified atom stereocenters. The van der Waals surface area contributed by atoms with E-state index < -0.39 is 0 Å². The summed E-state index contributed by atoms with van der Waals surface area (Å²) in [4.78, 5) is 25.5. The van der Waals surface area contributed by atoms with E-state index in [1.165, 1.54) is 4.90 Å². The molecule has 0 aromatic heterocycles. The van der Waals surface area contributed by atoms with E-state index >= 15 is 0 Å². The van der Waals surface area contributed by atoms with Crippen LogP contribution in [0.2, 0.25) is 0 Å². The number of nitrogens with zero attached hydrogens (tertiary/aromatic N) is 1. The summed E-state index contributed by atoms with van der Waals surface area (Å²) in [5, 5.41) is 2.81. The maximum absolute atomic E-state index is 12.3. The predicted molar refractivity (Wildman–Crippen MR) is 83.4 cm³/mol. The first kappa shape index (κ1) is 16.5. The van der Waals surface area contributed by atoms with Gasteiger partial charge >= 0.3 is 0 Å². The summed E-state index contributed by atoms with van der Waals surface area (Å²) in [5.41, 5.74) is 6.36. The van der Waals surface area contributed by atoms with Crippen LogP contribution in [0.5, 0.6) is 0 Å². The molecule has 0 bridgehead atoms. The lowest BCUT2D eigenvalue weighted by Gasteiger charge is -2.23. The molecule has 0 radical (unpaired) electrons. The van der Waals surface area contributed by atoms with Crippen LogP contribution in [0.15, 0.2) is 22.7 Å². The van der Waals surface area contributed by atoms with Crippen LogP contribution >= 0.6 is 15.9 Å². The summed E-state index contributed by atoms with van der Waals surface area (Å²) in [5.74, 6) is -0.457. The smallest absolute Gasteiger partial charge is 0.255 e. The SMILES string of the molecule is CN(CC(=O)NC(C)(C)C)C(=O)c1cccc(N)c1Br. The topological polar surface area (TPSA) is 75.4 Å². The van der Waals surface area contributed by atoms with E-state index in [1.807, 2.05) is 20.8 Å². The number of nitrogens with one attached hydrogen (secondary N) is 1. The average molecular weight is 342 g/mol. The Morgan fingerprint density at radius 1 is 1.35 bits per heavy atom. The number of hydrogen-bond donors (Lipinski definition) is 2. The molecule has 2 amide bonds. The van der Waals surface area contributed by atoms with E-state index in [0.29, 0.717) is 15.7 Å². The van der Waals surface area contributed by atoms with Gasteiger partial charge in [0.1, 0.15) is 0 Å². The second-order valence-corrected chi connectivity index (χ2v) is 6.46. The van der Waals surface area contributed by atoms with E-state index in [2.05, 4.69) is 21.2 Å². The molecule has 3 N–H and O–H groups in total. The number of carbonyl (C=O) groups excluding carboxylic acids is 2. The zero-order chi connectivity index (χ0) is 15.5. The molecule has 0 aliphatic heterocycles. The van der Waals surface area contributed by atoms with Gasteiger partial charge in [0.15, 0.2) is 0 Å². The van der Waals surface area contributed by atoms with Crippen LogP contribution in [-0.2, 0) is 4.79 Å². The van der Waals surface area contributed by atoms with Gasteiger partial charge in [-0.05, 0) is 48.8 Å². The van der Waals surface area contributed by atoms with E-state index in [1.54, 1.807) is 25.2 Å². The maximum Gasteiger partial charge on any atom is 0.255 e. The van der Waals surface area contributed by atoms with E-state index in [9.17, 15) is 9.59 Å². The third-order valence-electron chi connectivity index (χ3n) is 2.50. The minimum Gasteiger partial charge on any atom is -0.398 e. The van der Waals surface area contributed by atoms with Crippen LogP contribution in [0.4, 0.5) is 5.69 Å². The minimum atomic E-state index is -0.321. The van der Waals surface area contributed by atoms with Gasteiger partial charge in [0, 0.05) is 18.3 Å². The fourth-order valence-corrected chi connectivity index (χ4v) is 2.10. The first-order valence-corrected chi connectivity index (χ1v) is 7.01. The number of nitrogen functional groups attached to an aromatic ring is 1. The van der Waals surface area contributed by atoms with Crippen molar-refractivity contribution < 1.29 is 9.59 Å². The lowest BCUT2D eigenvalue weighted by molar-refractivity contribution is -0.122. The first-order chi connectivity index (χ1) is 9.11. The van der Waals surface area contributed by atoms with Gasteiger partial charge in [-0.25, -0.2) is 0 Å². The van der Waals surface area contributed by atoms with Crippen molar-refractivity contribution in [3.05, 3.63) is 28.2 Å². The Hall–Kier alpha value is -1.56. The fraction of sp³-hybridized carbons (Fsp3) is 0.429. The standard InChI is InChI=1S/C14H20BrN3O2/c1-14(2,3)17-11(19)8-18(4)13(20)9-6-5-7-10(16)12(9)15/h5-7H,8,16H2,1-4H3,(H,17,19). The Labute approximate surface area is 127 Å². The van der Waals surface area contributed by atoms with Crippen LogP contribution in [0.1, 0.15) is 31.1 Å². The molecule has 0 saturated carbocycles. The van der Waals surface area contributed by atoms with Crippen LogP contribution in [0, 0.1) is 0 Å². The number of rotatable bonds is 3. The summed E-state index contributed by atoms with van der Waals surface area (Å²) in [7, 11) is 1.58. The summed E-state index contributed by atoms with van der Waals surface area (Å²) in [6.07, 6.45) is 0. The van der Waals surface area contributed by atoms with Crippen LogP contribution < -0.4 is 11.1 Å². The lowest BCUT2D eigenvalue weighted by Crippen LogP contribution is -2.46. The molecular weight excluding hydrogens is 322 g/mol. The Morgan fingerprint density at radius 2 is 1.95 bits per heavy atom. The Kier molecular flexibility index (Phi) is 5.16. The summed E-state index contributed by atoms with van der Waals surface area (Å²) < 4.78 is 0.549. The second-order valence-electron chi connectivity index (χ2n) is 5.67. The Morgan fingerprint density at radius 3 is 2.50 bits per heavy atom. The highest BCUT2D eigenvalue weighted by molar-refractivity contribution is 9.10. The normalized spacial score (nSPS) is 11.1. The molecule has 0 heterocycles. The quantitative estimate of drug-likeness (QED) is 0.826. The third kappa shape index (κ3) is 4.52. The number of likely N-dealkylation sites (N-methyl/N-ethyl adjacent to an activating group) is 1. The summed E-state index contributed by atoms with van der Waals surface area (Å²) in [6, 6.07) is 5.07. The van der Waals surface area contributed by atoms with Crippen LogP contribution in [-0.4, -0.2) is 35.8 Å². The van der Waals surface area contributed by atoms with Crippen molar-refractivity contribution in [1.82, 2.24) is 10.2 Å². The Balaban J connectivity index is 2.77. The van der Waals surface area contributed by atoms with Crippen LogP contribution in [0.3, 0.4) is 0 Å². The number of benzene rings is 1. The van der Waals surface area contributed by atoms with Crippen molar-refractivity contribution in [2.75, 3.05) is 19.3 Å². The lowest BCUT2D eigenvalue weighted by atomic mass is 10.1. The van der Waals surface area contributed by atoms with Gasteiger partial charge in [0.2, 0.25) is 5.91 Å². The van der Waals surface area contributed by atoms with E-state index in [4.69, 9.17) is 5.73 Å². The van der Waals surface area contributed by atoms with Crippen molar-refractivity contribution in [2.24, 2.45) is 0 Å². The van der Waals surface area contributed by atoms with Crippen molar-refractivity contribution in [1.29, 1.82) is 0 Å². The van der Waals surface area contributed by atoms with Crippen molar-refractivity contribution >= 4 is 33.4 Å². The fourth-order valence-electron chi connectivity index (χ4n) is 1.67. The van der Waals surface area contributed by atoms with Gasteiger partial charge in [-0.2, -0.15) is 0 Å². The van der Waals surface area contributed by atoms with Crippen molar-refractivity contribution in [3.8, 4) is 0 Å². The van der Waals surface area contributed by atoms with Gasteiger partial charge in [-0.15, -0.1) is 0 Å². The highest BCUT2D eigenvalue weighted by Gasteiger charge is 2.20. The molecular formula is C14H20BrN3O2. The van der Waals surface area contributed by atoms with Crippen molar-refractivity contribution in [2.45, 2.75) is 26.3 Å². The second kappa shape index (κ2) is 6.26. The number of carbonyl (C=O) groups is 2. The van der Waals surface area contributed by atoms with E-state index in [-0.39, 0.29) is 23.9 Å². The molecule has 0 aliphatic rings. The number of anilines is 1. The molecule has 0 fully saturated rings. The average Bonchev–Trinajstić information content (AvgIpc) is 2.29. The number of halogens is 1. The molecule has 5 nitrogen and oxygen atoms in total. The molecule has 1 rings (SSSR count). The number of hydrogen-bond acceptors (Lipinski definition) is 3. The van der Waals surface area contributed by atoms with Gasteiger partial charge in [-0.3, -0.25) is 9.59 Å². The molecule has 0 atom stereocenters. The number of amides is 2. The molecule has 6 heteroatoms. The molecule has 0 aliphatic carbocycles. The summed E-state index contributed by atoms with van der Waals surface area (Å²) in [6.45, 7) is 5.67. The highest BCUT2D eigenvalue weighted by atomic mass is 79.9. The van der Waals surface area contributed by atoms with Gasteiger partial charge in [0.05, 0.1) is 16.6 Å². The van der Waals surface area contributed by atoms with Crippen molar-refractivity contribution in [3.63, 3.8) is 0 Å². The molecule has 1 aromatic carbocycles. The van der Waals surface area contributed by atoms with E-state index in [0.717, 1.165) is 0 Å². The van der Waals surface area contributed by atoms with Gasteiger partial charge in [0.25, 0.3) is 5.91 Å². The monoisotopic (exact) mass is 341 g/mol. The zero-order valence-corrected chi connectivity index (χ0v) is 13.7. The third-order valence-corrected chi connectivity index (χ3v) is 3.39. The minimum absolute atomic E-state index is 0.00264. The Bertz CT molecular complexity index is 524. The largest absolute Gasteiger partial charge is 0.398 e. The maximum atomic E-state index is 12.3. The van der Waals surface area contributed by atoms with Crippen LogP contribution in [0.25, 0.3) is 0 Å². The first-order valence-electron chi connectivity index (χ1n) is 6.22. The molecule has 0 spiro atoms. The zero-order valence-electron chi connectivity index (χ0n) is 12.2. The molecule has 110 valence electrons.